The van der Waals surface area contributed by atoms with Crippen molar-refractivity contribution in [3.05, 3.63) is 11.7 Å². The predicted octanol–water partition coefficient (Wildman–Crippen LogP) is 3.39. The van der Waals surface area contributed by atoms with Gasteiger partial charge in [-0.1, -0.05) is 0 Å². The fourth-order valence-corrected chi connectivity index (χ4v) is 2.44. The van der Waals surface area contributed by atoms with Crippen LogP contribution in [-0.4, -0.2) is 30.8 Å². The Morgan fingerprint density at radius 1 is 1.23 bits per heavy atom. The lowest BCUT2D eigenvalue weighted by atomic mass is 9.81. The van der Waals surface area contributed by atoms with E-state index in [1.807, 2.05) is 0 Å². The van der Waals surface area contributed by atoms with Crippen molar-refractivity contribution in [2.75, 3.05) is 7.11 Å². The van der Waals surface area contributed by atoms with E-state index in [-0.39, 0.29) is 24.3 Å². The van der Waals surface area contributed by atoms with Crippen molar-refractivity contribution in [1.29, 1.82) is 0 Å². The highest BCUT2D eigenvalue weighted by Crippen LogP contribution is 2.33. The molecule has 1 aliphatic rings. The third-order valence-corrected chi connectivity index (χ3v) is 3.50. The van der Waals surface area contributed by atoms with Crippen LogP contribution in [0.25, 0.3) is 0 Å². The summed E-state index contributed by atoms with van der Waals surface area (Å²) in [4.78, 5) is 23.7. The number of ether oxygens (including phenoxy) is 2. The average Bonchev–Trinajstić information content (AvgIpc) is 2.42. The lowest BCUT2D eigenvalue weighted by Gasteiger charge is -2.30. The molecule has 1 atom stereocenters. The highest BCUT2D eigenvalue weighted by Gasteiger charge is 2.34. The summed E-state index contributed by atoms with van der Waals surface area (Å²) in [6, 6.07) is -0.885. The zero-order valence-corrected chi connectivity index (χ0v) is 13.4. The maximum atomic E-state index is 12.6. The van der Waals surface area contributed by atoms with Crippen LogP contribution in [0, 0.1) is 5.92 Å². The van der Waals surface area contributed by atoms with Gasteiger partial charge in [0.25, 0.3) is 6.08 Å². The first-order valence-electron chi connectivity index (χ1n) is 7.24. The van der Waals surface area contributed by atoms with Crippen LogP contribution < -0.4 is 5.32 Å². The first-order chi connectivity index (χ1) is 10.1. The second kappa shape index (κ2) is 7.56. The number of rotatable bonds is 3. The molecule has 0 bridgehead atoms. The smallest absolute Gasteiger partial charge is 0.408 e. The topological polar surface area (TPSA) is 64.6 Å². The molecule has 0 aromatic rings. The lowest BCUT2D eigenvalue weighted by Crippen LogP contribution is -2.48. The Balaban J connectivity index is 2.72. The van der Waals surface area contributed by atoms with Gasteiger partial charge in [-0.25, -0.2) is 9.59 Å². The number of allylic oxidation sites excluding steroid dienone is 1. The van der Waals surface area contributed by atoms with E-state index in [9.17, 15) is 18.4 Å². The summed E-state index contributed by atoms with van der Waals surface area (Å²) in [6.07, 6.45) is -1.15. The van der Waals surface area contributed by atoms with Gasteiger partial charge >= 0.3 is 12.1 Å². The van der Waals surface area contributed by atoms with Crippen molar-refractivity contribution in [1.82, 2.24) is 5.32 Å². The van der Waals surface area contributed by atoms with Gasteiger partial charge in [-0.2, -0.15) is 8.78 Å². The number of carbonyl (C=O) groups is 2. The summed E-state index contributed by atoms with van der Waals surface area (Å²) >= 11 is 0. The van der Waals surface area contributed by atoms with Crippen LogP contribution >= 0.6 is 0 Å². The van der Waals surface area contributed by atoms with Crippen molar-refractivity contribution >= 4 is 12.1 Å². The molecule has 0 aromatic carbocycles. The summed E-state index contributed by atoms with van der Waals surface area (Å²) < 4.78 is 35.0. The molecule has 1 rings (SSSR count). The summed E-state index contributed by atoms with van der Waals surface area (Å²) in [6.45, 7) is 5.13. The van der Waals surface area contributed by atoms with Crippen molar-refractivity contribution in [2.45, 2.75) is 58.1 Å². The molecule has 22 heavy (non-hydrogen) atoms. The number of hydrogen-bond acceptors (Lipinski definition) is 4. The van der Waals surface area contributed by atoms with Gasteiger partial charge in [0, 0.05) is 0 Å². The molecule has 1 aliphatic carbocycles. The van der Waals surface area contributed by atoms with E-state index in [0.717, 1.165) is 0 Å². The molecule has 1 fully saturated rings. The van der Waals surface area contributed by atoms with Gasteiger partial charge in [0.2, 0.25) is 0 Å². The fourth-order valence-electron chi connectivity index (χ4n) is 2.44. The number of amides is 1. The molecule has 0 spiro atoms. The highest BCUT2D eigenvalue weighted by molar-refractivity contribution is 5.81. The van der Waals surface area contributed by atoms with E-state index in [1.54, 1.807) is 20.8 Å². The normalized spacial score (nSPS) is 20.1. The molecule has 0 saturated heterocycles. The van der Waals surface area contributed by atoms with Gasteiger partial charge < -0.3 is 14.8 Å². The largest absolute Gasteiger partial charge is 0.467 e. The highest BCUT2D eigenvalue weighted by atomic mass is 19.3. The standard InChI is InChI=1S/C15H23F2NO4/c1-15(2,3)22-14(20)18-11(13(19)21-4)9-5-7-10(8-6-9)12(16)17/h9,11H,5-8H2,1-4H3,(H,18,20)/t11-/m0/s1. The van der Waals surface area contributed by atoms with Gasteiger partial charge in [0.1, 0.15) is 11.6 Å². The molecular weight excluding hydrogens is 296 g/mol. The zero-order valence-electron chi connectivity index (χ0n) is 13.4. The molecule has 1 N–H and O–H groups in total. The summed E-state index contributed by atoms with van der Waals surface area (Å²) in [5, 5.41) is 2.50. The summed E-state index contributed by atoms with van der Waals surface area (Å²) in [7, 11) is 1.22. The third kappa shape index (κ3) is 5.61. The van der Waals surface area contributed by atoms with Crippen LogP contribution in [0.1, 0.15) is 46.5 Å². The van der Waals surface area contributed by atoms with Gasteiger partial charge in [-0.15, -0.1) is 0 Å². The Hall–Kier alpha value is -1.66. The minimum absolute atomic E-state index is 0.122. The van der Waals surface area contributed by atoms with E-state index in [1.165, 1.54) is 7.11 Å². The number of alkyl carbamates (subject to hydrolysis) is 1. The first kappa shape index (κ1) is 18.4. The molecule has 0 aromatic heterocycles. The van der Waals surface area contributed by atoms with E-state index < -0.39 is 29.8 Å². The summed E-state index contributed by atoms with van der Waals surface area (Å²) in [5.74, 6) is -0.841. The van der Waals surface area contributed by atoms with E-state index in [2.05, 4.69) is 5.32 Å². The second-order valence-electron chi connectivity index (χ2n) is 6.35. The zero-order chi connectivity index (χ0) is 16.9. The molecule has 126 valence electrons. The van der Waals surface area contributed by atoms with Crippen LogP contribution in [0.15, 0.2) is 11.7 Å². The average molecular weight is 319 g/mol. The molecule has 0 aliphatic heterocycles. The van der Waals surface area contributed by atoms with Crippen LogP contribution in [0.5, 0.6) is 0 Å². The minimum atomic E-state index is -1.65. The Bertz CT molecular complexity index is 443. The fraction of sp³-hybridized carbons (Fsp3) is 0.733. The molecule has 1 saturated carbocycles. The SMILES string of the molecule is COC(=O)[C@@H](NC(=O)OC(C)(C)C)C1CCC(=C(F)F)CC1. The Kier molecular flexibility index (Phi) is 6.32. The molecule has 7 heteroatoms. The van der Waals surface area contributed by atoms with Crippen molar-refractivity contribution < 1.29 is 27.8 Å². The van der Waals surface area contributed by atoms with Crippen LogP contribution in [0.3, 0.4) is 0 Å². The van der Waals surface area contributed by atoms with Gasteiger partial charge in [-0.3, -0.25) is 0 Å². The molecule has 0 heterocycles. The number of hydrogen-bond donors (Lipinski definition) is 1. The monoisotopic (exact) mass is 319 g/mol. The van der Waals surface area contributed by atoms with Crippen LogP contribution in [0.2, 0.25) is 0 Å². The Morgan fingerprint density at radius 2 is 1.77 bits per heavy atom. The number of methoxy groups -OCH3 is 1. The van der Waals surface area contributed by atoms with Gasteiger partial charge in [0.15, 0.2) is 0 Å². The number of esters is 1. The Morgan fingerprint density at radius 3 is 2.18 bits per heavy atom. The second-order valence-corrected chi connectivity index (χ2v) is 6.35. The quantitative estimate of drug-likeness (QED) is 0.810. The van der Waals surface area contributed by atoms with Crippen molar-refractivity contribution in [2.24, 2.45) is 5.92 Å². The van der Waals surface area contributed by atoms with Crippen LogP contribution in [0.4, 0.5) is 13.6 Å². The molecule has 0 unspecified atom stereocenters. The van der Waals surface area contributed by atoms with E-state index in [0.29, 0.717) is 12.8 Å². The van der Waals surface area contributed by atoms with Gasteiger partial charge in [-0.05, 0) is 57.9 Å². The molecular formula is C15H23F2NO4. The maximum absolute atomic E-state index is 12.6. The van der Waals surface area contributed by atoms with E-state index in [4.69, 9.17) is 9.47 Å². The summed E-state index contributed by atoms with van der Waals surface area (Å²) in [5.41, 5.74) is -0.568. The van der Waals surface area contributed by atoms with Crippen molar-refractivity contribution in [3.63, 3.8) is 0 Å². The number of nitrogens with one attached hydrogen (secondary N) is 1. The molecule has 5 nitrogen and oxygen atoms in total. The Labute approximate surface area is 129 Å². The van der Waals surface area contributed by atoms with Crippen molar-refractivity contribution in [3.8, 4) is 0 Å². The minimum Gasteiger partial charge on any atom is -0.467 e. The predicted molar refractivity (Wildman–Crippen MR) is 76.4 cm³/mol. The van der Waals surface area contributed by atoms with E-state index >= 15 is 0 Å². The maximum Gasteiger partial charge on any atom is 0.408 e. The first-order valence-corrected chi connectivity index (χ1v) is 7.24. The van der Waals surface area contributed by atoms with Gasteiger partial charge in [0.05, 0.1) is 7.11 Å². The van der Waals surface area contributed by atoms with Crippen LogP contribution in [-0.2, 0) is 14.3 Å². The molecule has 0 radical (unpaired) electrons. The number of halogens is 2. The third-order valence-electron chi connectivity index (χ3n) is 3.50. The lowest BCUT2D eigenvalue weighted by molar-refractivity contribution is -0.144. The number of carbonyl (C=O) groups excluding carboxylic acids is 2. The molecule has 1 amide bonds.